The Morgan fingerprint density at radius 1 is 1.03 bits per heavy atom. The van der Waals surface area contributed by atoms with Crippen LogP contribution in [0.1, 0.15) is 52.0 Å². The quantitative estimate of drug-likeness (QED) is 0.233. The van der Waals surface area contributed by atoms with Gasteiger partial charge in [0.15, 0.2) is 0 Å². The number of nitrogens with zero attached hydrogens (tertiary/aromatic N) is 1. The van der Waals surface area contributed by atoms with Gasteiger partial charge in [-0.25, -0.2) is 0 Å². The second-order valence-corrected chi connectivity index (χ2v) is 11.0. The molecule has 9 nitrogen and oxygen atoms in total. The lowest BCUT2D eigenvalue weighted by Gasteiger charge is -2.27. The van der Waals surface area contributed by atoms with Crippen molar-refractivity contribution in [1.82, 2.24) is 10.2 Å². The van der Waals surface area contributed by atoms with Crippen LogP contribution in [0.4, 0.5) is 0 Å². The van der Waals surface area contributed by atoms with E-state index in [1.165, 1.54) is 23.9 Å². The van der Waals surface area contributed by atoms with E-state index in [9.17, 15) is 27.6 Å². The molecule has 0 radical (unpaired) electrons. The van der Waals surface area contributed by atoms with Gasteiger partial charge in [-0.15, -0.1) is 11.8 Å². The molecule has 35 heavy (non-hydrogen) atoms. The molecule has 184 valence electrons. The predicted molar refractivity (Wildman–Crippen MR) is 127 cm³/mol. The van der Waals surface area contributed by atoms with Crippen LogP contribution < -0.4 is 5.32 Å². The van der Waals surface area contributed by atoms with E-state index >= 15 is 0 Å². The molecule has 11 heteroatoms. The summed E-state index contributed by atoms with van der Waals surface area (Å²) in [6.07, 6.45) is 1.27. The van der Waals surface area contributed by atoms with Crippen LogP contribution in [0.15, 0.2) is 52.3 Å². The van der Waals surface area contributed by atoms with Gasteiger partial charge in [0.2, 0.25) is 11.8 Å². The van der Waals surface area contributed by atoms with Crippen LogP contribution >= 0.6 is 11.8 Å². The van der Waals surface area contributed by atoms with Gasteiger partial charge in [0.25, 0.3) is 21.9 Å². The monoisotopic (exact) mass is 516 g/mol. The van der Waals surface area contributed by atoms with Gasteiger partial charge in [-0.2, -0.15) is 8.42 Å². The van der Waals surface area contributed by atoms with Gasteiger partial charge in [-0.3, -0.25) is 33.6 Å². The Labute approximate surface area is 207 Å². The second-order valence-electron chi connectivity index (χ2n) is 8.27. The van der Waals surface area contributed by atoms with E-state index in [1.54, 1.807) is 30.3 Å². The Balaban J connectivity index is 1.32. The molecule has 0 saturated carbocycles. The van der Waals surface area contributed by atoms with Crippen molar-refractivity contribution >= 4 is 45.5 Å². The van der Waals surface area contributed by atoms with E-state index in [1.807, 2.05) is 6.92 Å². The zero-order chi connectivity index (χ0) is 25.2. The fourth-order valence-electron chi connectivity index (χ4n) is 3.93. The summed E-state index contributed by atoms with van der Waals surface area (Å²) in [6, 6.07) is 10.4. The van der Waals surface area contributed by atoms with Crippen LogP contribution in [0.25, 0.3) is 0 Å². The second kappa shape index (κ2) is 10.3. The molecule has 2 aliphatic rings. The molecule has 0 bridgehead atoms. The Bertz CT molecular complexity index is 1290. The number of amides is 4. The lowest BCUT2D eigenvalue weighted by Crippen LogP contribution is -2.54. The first-order chi connectivity index (χ1) is 16.7. The average Bonchev–Trinajstić information content (AvgIpc) is 3.07. The minimum atomic E-state index is -3.81. The lowest BCUT2D eigenvalue weighted by molar-refractivity contribution is -0.136. The van der Waals surface area contributed by atoms with E-state index < -0.39 is 39.8 Å². The van der Waals surface area contributed by atoms with E-state index in [-0.39, 0.29) is 35.5 Å². The molecule has 2 aromatic carbocycles. The van der Waals surface area contributed by atoms with Crippen LogP contribution in [-0.2, 0) is 23.9 Å². The molecule has 0 spiro atoms. The Morgan fingerprint density at radius 2 is 1.77 bits per heavy atom. The van der Waals surface area contributed by atoms with Crippen molar-refractivity contribution < 1.29 is 31.8 Å². The van der Waals surface area contributed by atoms with Crippen molar-refractivity contribution in [2.24, 2.45) is 0 Å². The van der Waals surface area contributed by atoms with Gasteiger partial charge < -0.3 is 0 Å². The number of thioether (sulfide) groups is 1. The molecule has 1 saturated heterocycles. The lowest BCUT2D eigenvalue weighted by atomic mass is 10.0. The maximum Gasteiger partial charge on any atom is 0.296 e. The number of piperidine rings is 1. The number of fused-ring (bicyclic) bond motifs is 1. The molecule has 0 aromatic heterocycles. The largest absolute Gasteiger partial charge is 0.296 e. The van der Waals surface area contributed by atoms with Crippen molar-refractivity contribution in [3.63, 3.8) is 0 Å². The number of hydrogen-bond donors (Lipinski definition) is 1. The highest BCUT2D eigenvalue weighted by Gasteiger charge is 2.45. The number of carbonyl (C=O) groups is 4. The minimum Gasteiger partial charge on any atom is -0.295 e. The first kappa shape index (κ1) is 25.1. The third-order valence-electron chi connectivity index (χ3n) is 5.77. The van der Waals surface area contributed by atoms with Crippen molar-refractivity contribution in [3.8, 4) is 0 Å². The molecule has 1 atom stereocenters. The van der Waals surface area contributed by atoms with Crippen molar-refractivity contribution in [2.75, 3.05) is 12.4 Å². The topological polar surface area (TPSA) is 127 Å². The zero-order valence-corrected chi connectivity index (χ0v) is 20.6. The summed E-state index contributed by atoms with van der Waals surface area (Å²) >= 11 is 1.38. The summed E-state index contributed by atoms with van der Waals surface area (Å²) in [5.74, 6) is -1.59. The van der Waals surface area contributed by atoms with Gasteiger partial charge in [-0.1, -0.05) is 23.8 Å². The zero-order valence-electron chi connectivity index (χ0n) is 19.0. The maximum atomic E-state index is 13.1. The van der Waals surface area contributed by atoms with Crippen LogP contribution in [0.3, 0.4) is 0 Å². The van der Waals surface area contributed by atoms with Crippen molar-refractivity contribution in [1.29, 1.82) is 0 Å². The number of unbranched alkanes of at least 4 members (excludes halogenated alkanes) is 1. The van der Waals surface area contributed by atoms with Crippen LogP contribution in [0, 0.1) is 6.92 Å². The highest BCUT2D eigenvalue weighted by molar-refractivity contribution is 7.99. The fraction of sp³-hybridized carbons (Fsp3) is 0.333. The van der Waals surface area contributed by atoms with E-state index in [0.29, 0.717) is 23.5 Å². The number of nitrogens with one attached hydrogen (secondary N) is 1. The molecule has 1 fully saturated rings. The predicted octanol–water partition coefficient (Wildman–Crippen LogP) is 2.67. The molecular weight excluding hydrogens is 492 g/mol. The number of benzene rings is 2. The highest BCUT2D eigenvalue weighted by Crippen LogP contribution is 2.34. The smallest absolute Gasteiger partial charge is 0.295 e. The highest BCUT2D eigenvalue weighted by atomic mass is 32.2. The fourth-order valence-corrected chi connectivity index (χ4v) is 5.96. The summed E-state index contributed by atoms with van der Waals surface area (Å²) in [6.45, 7) is 1.90. The first-order valence-corrected chi connectivity index (χ1v) is 13.5. The Kier molecular flexibility index (Phi) is 7.39. The van der Waals surface area contributed by atoms with E-state index in [2.05, 4.69) is 5.32 Å². The molecule has 1 N–H and O–H groups in total. The SMILES string of the molecule is Cc1ccc(S(=O)(=O)OCCCCSc2cccc3c2C(=O)N(C2CCC(=O)NC2=O)C3=O)cc1. The third-order valence-corrected chi connectivity index (χ3v) is 8.24. The summed E-state index contributed by atoms with van der Waals surface area (Å²) in [5, 5.41) is 2.18. The van der Waals surface area contributed by atoms with E-state index in [0.717, 1.165) is 10.5 Å². The van der Waals surface area contributed by atoms with Crippen LogP contribution in [0.5, 0.6) is 0 Å². The molecule has 0 aliphatic carbocycles. The van der Waals surface area contributed by atoms with E-state index in [4.69, 9.17) is 4.18 Å². The minimum absolute atomic E-state index is 0.0321. The van der Waals surface area contributed by atoms with Gasteiger partial charge >= 0.3 is 0 Å². The first-order valence-electron chi connectivity index (χ1n) is 11.1. The normalized spacial score (nSPS) is 18.1. The number of rotatable bonds is 9. The van der Waals surface area contributed by atoms with Crippen LogP contribution in [0.2, 0.25) is 0 Å². The van der Waals surface area contributed by atoms with Gasteiger partial charge in [0, 0.05) is 11.3 Å². The molecule has 2 aliphatic heterocycles. The summed E-state index contributed by atoms with van der Waals surface area (Å²) in [5.41, 5.74) is 1.44. The molecular formula is C24H24N2O7S2. The molecule has 4 amide bonds. The number of aryl methyl sites for hydroxylation is 1. The molecule has 4 rings (SSSR count). The molecule has 2 aromatic rings. The van der Waals surface area contributed by atoms with Crippen molar-refractivity contribution in [2.45, 2.75) is 48.4 Å². The van der Waals surface area contributed by atoms with Crippen LogP contribution in [-0.4, -0.2) is 55.3 Å². The standard InChI is InChI=1S/C24H24N2O7S2/c1-15-7-9-16(10-8-15)35(31,32)33-13-2-3-14-34-19-6-4-5-17-21(19)24(30)26(23(17)29)18-11-12-20(27)25-22(18)28/h4-10,18H,2-3,11-14H2,1H3,(H,25,27,28). The van der Waals surface area contributed by atoms with Crippen molar-refractivity contribution in [3.05, 3.63) is 59.2 Å². The van der Waals surface area contributed by atoms with Gasteiger partial charge in [-0.05, 0) is 56.2 Å². The molecule has 1 unspecified atom stereocenters. The Hall–Kier alpha value is -3.02. The third kappa shape index (κ3) is 5.31. The number of imide groups is 2. The summed E-state index contributed by atoms with van der Waals surface area (Å²) < 4.78 is 29.6. The number of carbonyl (C=O) groups excluding carboxylic acids is 4. The summed E-state index contributed by atoms with van der Waals surface area (Å²) in [4.78, 5) is 51.3. The van der Waals surface area contributed by atoms with Gasteiger partial charge in [0.1, 0.15) is 6.04 Å². The summed E-state index contributed by atoms with van der Waals surface area (Å²) in [7, 11) is -3.81. The average molecular weight is 517 g/mol. The number of hydrogen-bond acceptors (Lipinski definition) is 8. The Morgan fingerprint density at radius 3 is 2.49 bits per heavy atom. The van der Waals surface area contributed by atoms with Gasteiger partial charge in [0.05, 0.1) is 22.6 Å². The maximum absolute atomic E-state index is 13.1. The molecule has 2 heterocycles.